The van der Waals surface area contributed by atoms with Gasteiger partial charge in [0.25, 0.3) is 0 Å². The van der Waals surface area contributed by atoms with Gasteiger partial charge in [-0.1, -0.05) is 13.0 Å². The Labute approximate surface area is 119 Å². The highest BCUT2D eigenvalue weighted by Gasteiger charge is 2.10. The maximum absolute atomic E-state index is 4.47. The number of thiophene rings is 1. The third kappa shape index (κ3) is 4.80. The minimum absolute atomic E-state index is 0.542. The van der Waals surface area contributed by atoms with Gasteiger partial charge in [-0.2, -0.15) is 5.10 Å². The van der Waals surface area contributed by atoms with Crippen LogP contribution in [0, 0.1) is 0 Å². The van der Waals surface area contributed by atoms with Gasteiger partial charge >= 0.3 is 0 Å². The van der Waals surface area contributed by atoms with Crippen molar-refractivity contribution in [1.29, 1.82) is 0 Å². The van der Waals surface area contributed by atoms with Crippen molar-refractivity contribution in [2.75, 3.05) is 6.54 Å². The first-order chi connectivity index (χ1) is 9.28. The Morgan fingerprint density at radius 1 is 1.42 bits per heavy atom. The van der Waals surface area contributed by atoms with Gasteiger partial charge in [0, 0.05) is 30.6 Å². The minimum Gasteiger partial charge on any atom is -0.314 e. The fraction of sp³-hybridized carbons (Fsp3) is 0.533. The monoisotopic (exact) mass is 277 g/mol. The molecule has 1 N–H and O–H groups in total. The summed E-state index contributed by atoms with van der Waals surface area (Å²) in [6.45, 7) is 3.20. The molecule has 0 saturated carbocycles. The van der Waals surface area contributed by atoms with Crippen molar-refractivity contribution >= 4 is 11.3 Å². The molecule has 0 aliphatic rings. The van der Waals surface area contributed by atoms with Crippen LogP contribution < -0.4 is 5.32 Å². The van der Waals surface area contributed by atoms with E-state index in [1.807, 2.05) is 29.3 Å². The summed E-state index contributed by atoms with van der Waals surface area (Å²) in [5.74, 6) is 0. The van der Waals surface area contributed by atoms with Crippen molar-refractivity contribution in [3.05, 3.63) is 40.3 Å². The first-order valence-electron chi connectivity index (χ1n) is 7.02. The summed E-state index contributed by atoms with van der Waals surface area (Å²) >= 11 is 1.86. The molecule has 104 valence electrons. The molecule has 1 unspecified atom stereocenters. The second-order valence-electron chi connectivity index (χ2n) is 4.91. The van der Waals surface area contributed by atoms with Crippen LogP contribution >= 0.6 is 11.3 Å². The summed E-state index contributed by atoms with van der Waals surface area (Å²) < 4.78 is 1.88. The number of nitrogens with one attached hydrogen (secondary N) is 1. The zero-order valence-electron chi connectivity index (χ0n) is 11.8. The topological polar surface area (TPSA) is 29.9 Å². The fourth-order valence-electron chi connectivity index (χ4n) is 2.37. The Morgan fingerprint density at radius 3 is 2.95 bits per heavy atom. The van der Waals surface area contributed by atoms with Crippen LogP contribution in [-0.4, -0.2) is 22.4 Å². The van der Waals surface area contributed by atoms with E-state index in [-0.39, 0.29) is 0 Å². The Balaban J connectivity index is 1.78. The lowest BCUT2D eigenvalue weighted by atomic mass is 10.0. The zero-order chi connectivity index (χ0) is 13.5. The second-order valence-corrected chi connectivity index (χ2v) is 5.94. The van der Waals surface area contributed by atoms with Crippen LogP contribution in [-0.2, 0) is 19.9 Å². The average Bonchev–Trinajstić information content (AvgIpc) is 3.01. The van der Waals surface area contributed by atoms with Gasteiger partial charge in [0.1, 0.15) is 0 Å². The molecule has 2 aromatic rings. The number of hydrogen-bond donors (Lipinski definition) is 1. The molecule has 0 saturated heterocycles. The van der Waals surface area contributed by atoms with E-state index >= 15 is 0 Å². The van der Waals surface area contributed by atoms with Crippen LogP contribution in [0.2, 0.25) is 0 Å². The molecule has 0 aromatic carbocycles. The normalized spacial score (nSPS) is 12.7. The maximum Gasteiger partial charge on any atom is 0.0639 e. The first kappa shape index (κ1) is 14.3. The predicted molar refractivity (Wildman–Crippen MR) is 81.6 cm³/mol. The van der Waals surface area contributed by atoms with Gasteiger partial charge in [0.05, 0.1) is 5.69 Å². The summed E-state index contributed by atoms with van der Waals surface area (Å²) in [5.41, 5.74) is 1.18. The number of rotatable bonds is 8. The van der Waals surface area contributed by atoms with Gasteiger partial charge in [0.2, 0.25) is 0 Å². The Bertz CT molecular complexity index is 461. The molecule has 2 rings (SSSR count). The third-order valence-electron chi connectivity index (χ3n) is 3.27. The number of likely N-dealkylation sites (N-methyl/N-ethyl adjacent to an activating group) is 1. The zero-order valence-corrected chi connectivity index (χ0v) is 12.6. The van der Waals surface area contributed by atoms with Crippen LogP contribution in [0.4, 0.5) is 0 Å². The standard InChI is InChI=1S/C15H23N3S/c1-3-16-13(12-14-9-10-18(2)17-14)6-4-7-15-8-5-11-19-15/h5,8-11,13,16H,3-4,6-7,12H2,1-2H3. The van der Waals surface area contributed by atoms with Crippen molar-refractivity contribution in [3.8, 4) is 0 Å². The van der Waals surface area contributed by atoms with E-state index in [0.717, 1.165) is 13.0 Å². The lowest BCUT2D eigenvalue weighted by molar-refractivity contribution is 0.471. The third-order valence-corrected chi connectivity index (χ3v) is 4.21. The summed E-state index contributed by atoms with van der Waals surface area (Å²) in [4.78, 5) is 1.49. The Morgan fingerprint density at radius 2 is 2.32 bits per heavy atom. The highest BCUT2D eigenvalue weighted by molar-refractivity contribution is 7.09. The van der Waals surface area contributed by atoms with E-state index in [2.05, 4.69) is 40.9 Å². The predicted octanol–water partition coefficient (Wildman–Crippen LogP) is 3.03. The molecule has 1 atom stereocenters. The van der Waals surface area contributed by atoms with Crippen LogP contribution in [0.15, 0.2) is 29.8 Å². The van der Waals surface area contributed by atoms with Crippen molar-refractivity contribution in [2.45, 2.75) is 38.6 Å². The fourth-order valence-corrected chi connectivity index (χ4v) is 3.12. The molecular formula is C15H23N3S. The van der Waals surface area contributed by atoms with Gasteiger partial charge in [-0.05, 0) is 43.3 Å². The second kappa shape index (κ2) is 7.46. The van der Waals surface area contributed by atoms with Crippen LogP contribution in [0.3, 0.4) is 0 Å². The summed E-state index contributed by atoms with van der Waals surface area (Å²) in [5, 5.41) is 10.2. The Hall–Kier alpha value is -1.13. The quantitative estimate of drug-likeness (QED) is 0.804. The molecule has 0 bridgehead atoms. The van der Waals surface area contributed by atoms with Gasteiger partial charge in [-0.25, -0.2) is 0 Å². The van der Waals surface area contributed by atoms with E-state index in [0.29, 0.717) is 6.04 Å². The van der Waals surface area contributed by atoms with Crippen molar-refractivity contribution in [3.63, 3.8) is 0 Å². The smallest absolute Gasteiger partial charge is 0.0639 e. The highest BCUT2D eigenvalue weighted by atomic mass is 32.1. The van der Waals surface area contributed by atoms with E-state index in [4.69, 9.17) is 0 Å². The van der Waals surface area contributed by atoms with E-state index in [1.54, 1.807) is 0 Å². The number of nitrogens with zero attached hydrogens (tertiary/aromatic N) is 2. The molecule has 0 aliphatic heterocycles. The molecule has 0 amide bonds. The molecule has 2 aromatic heterocycles. The van der Waals surface area contributed by atoms with Crippen molar-refractivity contribution in [2.24, 2.45) is 7.05 Å². The minimum atomic E-state index is 0.542. The van der Waals surface area contributed by atoms with E-state index in [1.165, 1.54) is 29.8 Å². The maximum atomic E-state index is 4.47. The molecule has 0 spiro atoms. The first-order valence-corrected chi connectivity index (χ1v) is 7.90. The average molecular weight is 277 g/mol. The lowest BCUT2D eigenvalue weighted by Crippen LogP contribution is -2.31. The number of aromatic nitrogens is 2. The van der Waals surface area contributed by atoms with Crippen LogP contribution in [0.25, 0.3) is 0 Å². The molecular weight excluding hydrogens is 254 g/mol. The summed E-state index contributed by atoms with van der Waals surface area (Å²) in [6.07, 6.45) is 6.69. The van der Waals surface area contributed by atoms with Crippen LogP contribution in [0.1, 0.15) is 30.3 Å². The summed E-state index contributed by atoms with van der Waals surface area (Å²) in [6, 6.07) is 7.02. The SMILES string of the molecule is CCNC(CCCc1cccs1)Cc1ccn(C)n1. The molecule has 4 heteroatoms. The van der Waals surface area contributed by atoms with Crippen LogP contribution in [0.5, 0.6) is 0 Å². The molecule has 0 radical (unpaired) electrons. The number of aryl methyl sites for hydroxylation is 2. The van der Waals surface area contributed by atoms with Gasteiger partial charge in [-0.3, -0.25) is 4.68 Å². The van der Waals surface area contributed by atoms with Crippen molar-refractivity contribution in [1.82, 2.24) is 15.1 Å². The number of hydrogen-bond acceptors (Lipinski definition) is 3. The van der Waals surface area contributed by atoms with Crippen molar-refractivity contribution < 1.29 is 0 Å². The molecule has 0 aliphatic carbocycles. The van der Waals surface area contributed by atoms with E-state index in [9.17, 15) is 0 Å². The lowest BCUT2D eigenvalue weighted by Gasteiger charge is -2.16. The largest absolute Gasteiger partial charge is 0.314 e. The van der Waals surface area contributed by atoms with Gasteiger partial charge in [-0.15, -0.1) is 11.3 Å². The Kier molecular flexibility index (Phi) is 5.61. The molecule has 19 heavy (non-hydrogen) atoms. The molecule has 2 heterocycles. The molecule has 3 nitrogen and oxygen atoms in total. The highest BCUT2D eigenvalue weighted by Crippen LogP contribution is 2.14. The van der Waals surface area contributed by atoms with Gasteiger partial charge in [0.15, 0.2) is 0 Å². The summed E-state index contributed by atoms with van der Waals surface area (Å²) in [7, 11) is 1.97. The molecule has 0 fully saturated rings. The van der Waals surface area contributed by atoms with E-state index < -0.39 is 0 Å². The van der Waals surface area contributed by atoms with Gasteiger partial charge < -0.3 is 5.32 Å².